The van der Waals surface area contributed by atoms with Gasteiger partial charge in [-0.05, 0) is 54.0 Å². The highest BCUT2D eigenvalue weighted by Crippen LogP contribution is 2.34. The van der Waals surface area contributed by atoms with Crippen LogP contribution in [-0.2, 0) is 0 Å². The molecule has 0 radical (unpaired) electrons. The van der Waals surface area contributed by atoms with Gasteiger partial charge < -0.3 is 10.1 Å². The number of carbonyl (C=O) groups is 1. The van der Waals surface area contributed by atoms with E-state index in [0.717, 1.165) is 15.6 Å². The third-order valence-corrected chi connectivity index (χ3v) is 3.52. The van der Waals surface area contributed by atoms with Crippen molar-refractivity contribution in [2.24, 2.45) is 0 Å². The van der Waals surface area contributed by atoms with Gasteiger partial charge in [-0.25, -0.2) is 0 Å². The lowest BCUT2D eigenvalue weighted by Gasteiger charge is -2.13. The van der Waals surface area contributed by atoms with E-state index in [1.54, 1.807) is 14.2 Å². The van der Waals surface area contributed by atoms with Crippen molar-refractivity contribution in [2.75, 3.05) is 20.7 Å². The molecule has 0 aliphatic heterocycles. The molecule has 0 fully saturated rings. The average Bonchev–Trinajstić information content (AvgIpc) is 2.26. The zero-order valence-electron chi connectivity index (χ0n) is 9.98. The molecule has 1 N–H and O–H groups in total. The summed E-state index contributed by atoms with van der Waals surface area (Å²) in [6.07, 6.45) is 0. The van der Waals surface area contributed by atoms with E-state index in [0.29, 0.717) is 17.9 Å². The van der Waals surface area contributed by atoms with Crippen LogP contribution in [0.15, 0.2) is 10.5 Å². The van der Waals surface area contributed by atoms with Gasteiger partial charge in [0.05, 0.1) is 23.7 Å². The number of aryl methyl sites for hydroxylation is 1. The minimum absolute atomic E-state index is 0.0307. The number of hydrogen-bond donors (Lipinski definition) is 1. The standard InChI is InChI=1S/C12H16BrNO2/c1-7-5-9(10(15)6-14-3)12(16-4)11(13)8(7)2/h5,14H,6H2,1-4H3. The Morgan fingerprint density at radius 1 is 1.50 bits per heavy atom. The van der Waals surface area contributed by atoms with Crippen molar-refractivity contribution in [3.8, 4) is 5.75 Å². The monoisotopic (exact) mass is 285 g/mol. The number of benzene rings is 1. The maximum absolute atomic E-state index is 11.9. The Bertz CT molecular complexity index is 416. The van der Waals surface area contributed by atoms with Gasteiger partial charge >= 0.3 is 0 Å². The molecular formula is C12H16BrNO2. The summed E-state index contributed by atoms with van der Waals surface area (Å²) >= 11 is 3.46. The van der Waals surface area contributed by atoms with Crippen molar-refractivity contribution in [1.29, 1.82) is 0 Å². The molecule has 0 bridgehead atoms. The Labute approximate surface area is 104 Å². The van der Waals surface area contributed by atoms with Crippen LogP contribution in [0.4, 0.5) is 0 Å². The van der Waals surface area contributed by atoms with E-state index in [-0.39, 0.29) is 5.78 Å². The van der Waals surface area contributed by atoms with Gasteiger partial charge in [-0.2, -0.15) is 0 Å². The number of halogens is 1. The number of carbonyl (C=O) groups excluding carboxylic acids is 1. The molecule has 1 aromatic carbocycles. The zero-order valence-corrected chi connectivity index (χ0v) is 11.6. The first kappa shape index (κ1) is 13.2. The van der Waals surface area contributed by atoms with Crippen LogP contribution in [0.2, 0.25) is 0 Å². The molecule has 0 saturated heterocycles. The predicted octanol–water partition coefficient (Wildman–Crippen LogP) is 2.48. The molecule has 88 valence electrons. The Kier molecular flexibility index (Phi) is 4.50. The summed E-state index contributed by atoms with van der Waals surface area (Å²) in [6.45, 7) is 4.29. The van der Waals surface area contributed by atoms with Crippen molar-refractivity contribution in [2.45, 2.75) is 13.8 Å². The van der Waals surface area contributed by atoms with Crippen LogP contribution >= 0.6 is 15.9 Å². The number of likely N-dealkylation sites (N-methyl/N-ethyl adjacent to an activating group) is 1. The first-order chi connectivity index (χ1) is 7.52. The molecular weight excluding hydrogens is 270 g/mol. The van der Waals surface area contributed by atoms with Crippen LogP contribution in [0.25, 0.3) is 0 Å². The van der Waals surface area contributed by atoms with Crippen molar-refractivity contribution >= 4 is 21.7 Å². The number of hydrogen-bond acceptors (Lipinski definition) is 3. The van der Waals surface area contributed by atoms with Gasteiger partial charge in [-0.3, -0.25) is 4.79 Å². The van der Waals surface area contributed by atoms with E-state index in [4.69, 9.17) is 4.74 Å². The minimum atomic E-state index is 0.0307. The number of ether oxygens (including phenoxy) is 1. The van der Waals surface area contributed by atoms with Crippen molar-refractivity contribution in [3.63, 3.8) is 0 Å². The summed E-state index contributed by atoms with van der Waals surface area (Å²) in [6, 6.07) is 1.87. The summed E-state index contributed by atoms with van der Waals surface area (Å²) < 4.78 is 6.14. The van der Waals surface area contributed by atoms with E-state index < -0.39 is 0 Å². The van der Waals surface area contributed by atoms with Crippen molar-refractivity contribution < 1.29 is 9.53 Å². The number of methoxy groups -OCH3 is 1. The highest BCUT2D eigenvalue weighted by atomic mass is 79.9. The number of ketones is 1. The lowest BCUT2D eigenvalue weighted by Crippen LogP contribution is -2.19. The Balaban J connectivity index is 3.33. The van der Waals surface area contributed by atoms with Crippen molar-refractivity contribution in [1.82, 2.24) is 5.32 Å². The molecule has 0 heterocycles. The number of nitrogens with one attached hydrogen (secondary N) is 1. The SMILES string of the molecule is CNCC(=O)c1cc(C)c(C)c(Br)c1OC. The molecule has 0 aliphatic rings. The zero-order chi connectivity index (χ0) is 12.3. The van der Waals surface area contributed by atoms with Crippen LogP contribution in [0.5, 0.6) is 5.75 Å². The summed E-state index contributed by atoms with van der Waals surface area (Å²) in [7, 11) is 3.32. The summed E-state index contributed by atoms with van der Waals surface area (Å²) in [5.41, 5.74) is 2.79. The second-order valence-corrected chi connectivity index (χ2v) is 4.46. The fourth-order valence-corrected chi connectivity index (χ4v) is 2.20. The second-order valence-electron chi connectivity index (χ2n) is 3.67. The van der Waals surface area contributed by atoms with Crippen LogP contribution < -0.4 is 10.1 Å². The smallest absolute Gasteiger partial charge is 0.180 e. The van der Waals surface area contributed by atoms with Crippen LogP contribution in [0.3, 0.4) is 0 Å². The van der Waals surface area contributed by atoms with Gasteiger partial charge in [0.25, 0.3) is 0 Å². The van der Waals surface area contributed by atoms with Gasteiger partial charge in [-0.1, -0.05) is 0 Å². The highest BCUT2D eigenvalue weighted by molar-refractivity contribution is 9.10. The molecule has 0 unspecified atom stereocenters. The largest absolute Gasteiger partial charge is 0.495 e. The summed E-state index contributed by atoms with van der Waals surface area (Å²) in [5.74, 6) is 0.645. The van der Waals surface area contributed by atoms with E-state index in [1.807, 2.05) is 19.9 Å². The molecule has 0 saturated carbocycles. The molecule has 0 aliphatic carbocycles. The molecule has 1 rings (SSSR count). The first-order valence-corrected chi connectivity index (χ1v) is 5.83. The molecule has 3 nitrogen and oxygen atoms in total. The van der Waals surface area contributed by atoms with Crippen LogP contribution in [-0.4, -0.2) is 26.5 Å². The van der Waals surface area contributed by atoms with Crippen LogP contribution in [0.1, 0.15) is 21.5 Å². The fraction of sp³-hybridized carbons (Fsp3) is 0.417. The Morgan fingerprint density at radius 2 is 2.12 bits per heavy atom. The average molecular weight is 286 g/mol. The fourth-order valence-electron chi connectivity index (χ4n) is 1.51. The normalized spacial score (nSPS) is 10.3. The van der Waals surface area contributed by atoms with E-state index >= 15 is 0 Å². The van der Waals surface area contributed by atoms with Gasteiger partial charge in [0.2, 0.25) is 0 Å². The summed E-state index contributed by atoms with van der Waals surface area (Å²) in [5, 5.41) is 2.85. The highest BCUT2D eigenvalue weighted by Gasteiger charge is 2.17. The topological polar surface area (TPSA) is 38.3 Å². The number of Topliss-reactive ketones (excluding diaryl/α,β-unsaturated/α-hetero) is 1. The predicted molar refractivity (Wildman–Crippen MR) is 68.4 cm³/mol. The van der Waals surface area contributed by atoms with E-state index in [2.05, 4.69) is 21.2 Å². The summed E-state index contributed by atoms with van der Waals surface area (Å²) in [4.78, 5) is 11.9. The maximum atomic E-state index is 11.9. The maximum Gasteiger partial charge on any atom is 0.180 e. The van der Waals surface area contributed by atoms with Gasteiger partial charge in [0.15, 0.2) is 5.78 Å². The lowest BCUT2D eigenvalue weighted by molar-refractivity contribution is 0.0990. The minimum Gasteiger partial charge on any atom is -0.495 e. The third-order valence-electron chi connectivity index (χ3n) is 2.57. The Hall–Kier alpha value is -0.870. The molecule has 1 aromatic rings. The number of rotatable bonds is 4. The molecule has 0 aromatic heterocycles. The molecule has 0 amide bonds. The van der Waals surface area contributed by atoms with Gasteiger partial charge in [0, 0.05) is 0 Å². The molecule has 16 heavy (non-hydrogen) atoms. The van der Waals surface area contributed by atoms with E-state index in [1.165, 1.54) is 0 Å². The van der Waals surface area contributed by atoms with Crippen LogP contribution in [0, 0.1) is 13.8 Å². The quantitative estimate of drug-likeness (QED) is 0.864. The molecule has 0 spiro atoms. The lowest BCUT2D eigenvalue weighted by atomic mass is 10.0. The Morgan fingerprint density at radius 3 is 2.62 bits per heavy atom. The second kappa shape index (κ2) is 5.46. The molecule has 4 heteroatoms. The van der Waals surface area contributed by atoms with E-state index in [9.17, 15) is 4.79 Å². The van der Waals surface area contributed by atoms with Gasteiger partial charge in [0.1, 0.15) is 5.75 Å². The molecule has 0 atom stereocenters. The first-order valence-electron chi connectivity index (χ1n) is 5.04. The third kappa shape index (κ3) is 2.44. The van der Waals surface area contributed by atoms with Crippen molar-refractivity contribution in [3.05, 3.63) is 27.2 Å². The van der Waals surface area contributed by atoms with Gasteiger partial charge in [-0.15, -0.1) is 0 Å².